The van der Waals surface area contributed by atoms with Crippen molar-refractivity contribution in [3.05, 3.63) is 44.6 Å². The van der Waals surface area contributed by atoms with Gasteiger partial charge in [0.25, 0.3) is 5.56 Å². The van der Waals surface area contributed by atoms with Gasteiger partial charge in [-0.2, -0.15) is 0 Å². The molecular formula is C11H6BrN3OS. The smallest absolute Gasteiger partial charge is 0.269 e. The van der Waals surface area contributed by atoms with E-state index >= 15 is 0 Å². The molecule has 0 bridgehead atoms. The standard InChI is InChI=1S/C11H6BrN3OS/c12-6-1-3-13-8(5-6)10-14-7-2-4-17-9(7)11(16)15-10/h1-5H,(H,14,15,16). The van der Waals surface area contributed by atoms with Crippen molar-refractivity contribution < 1.29 is 0 Å². The maximum atomic E-state index is 11.8. The summed E-state index contributed by atoms with van der Waals surface area (Å²) in [6.45, 7) is 0. The van der Waals surface area contributed by atoms with Gasteiger partial charge in [0.05, 0.1) is 5.52 Å². The molecule has 3 heterocycles. The summed E-state index contributed by atoms with van der Waals surface area (Å²) in [6, 6.07) is 5.47. The van der Waals surface area contributed by atoms with Crippen molar-refractivity contribution in [3.63, 3.8) is 0 Å². The van der Waals surface area contributed by atoms with Gasteiger partial charge in [0.15, 0.2) is 5.82 Å². The third kappa shape index (κ3) is 1.89. The largest absolute Gasteiger partial charge is 0.304 e. The molecule has 0 spiro atoms. The minimum absolute atomic E-state index is 0.123. The molecule has 0 atom stereocenters. The van der Waals surface area contributed by atoms with Crippen LogP contribution in [0.2, 0.25) is 0 Å². The summed E-state index contributed by atoms with van der Waals surface area (Å²) in [5.41, 5.74) is 1.22. The molecule has 0 radical (unpaired) electrons. The van der Waals surface area contributed by atoms with Crippen molar-refractivity contribution in [3.8, 4) is 11.5 Å². The second-order valence-electron chi connectivity index (χ2n) is 3.41. The van der Waals surface area contributed by atoms with Crippen LogP contribution in [0, 0.1) is 0 Å². The first kappa shape index (κ1) is 10.6. The van der Waals surface area contributed by atoms with Crippen LogP contribution in [0.3, 0.4) is 0 Å². The van der Waals surface area contributed by atoms with Gasteiger partial charge in [-0.05, 0) is 23.6 Å². The van der Waals surface area contributed by atoms with Crippen LogP contribution in [0.1, 0.15) is 0 Å². The lowest BCUT2D eigenvalue weighted by atomic mass is 10.3. The number of fused-ring (bicyclic) bond motifs is 1. The van der Waals surface area contributed by atoms with Crippen LogP contribution in [-0.4, -0.2) is 15.0 Å². The Balaban J connectivity index is 2.27. The molecule has 3 aromatic rings. The first-order chi connectivity index (χ1) is 8.24. The van der Waals surface area contributed by atoms with Gasteiger partial charge in [-0.1, -0.05) is 15.9 Å². The summed E-state index contributed by atoms with van der Waals surface area (Å²) < 4.78 is 1.54. The molecule has 3 aromatic heterocycles. The number of thiophene rings is 1. The molecule has 1 N–H and O–H groups in total. The van der Waals surface area contributed by atoms with E-state index in [0.29, 0.717) is 21.7 Å². The monoisotopic (exact) mass is 307 g/mol. The van der Waals surface area contributed by atoms with Crippen molar-refractivity contribution in [1.82, 2.24) is 15.0 Å². The Labute approximate surface area is 108 Å². The second-order valence-corrected chi connectivity index (χ2v) is 5.24. The van der Waals surface area contributed by atoms with E-state index in [-0.39, 0.29) is 5.56 Å². The van der Waals surface area contributed by atoms with Gasteiger partial charge >= 0.3 is 0 Å². The molecule has 17 heavy (non-hydrogen) atoms. The number of H-pyrrole nitrogens is 1. The van der Waals surface area contributed by atoms with Gasteiger partial charge in [0.2, 0.25) is 0 Å². The van der Waals surface area contributed by atoms with E-state index in [0.717, 1.165) is 4.47 Å². The van der Waals surface area contributed by atoms with E-state index in [2.05, 4.69) is 30.9 Å². The summed E-state index contributed by atoms with van der Waals surface area (Å²) in [7, 11) is 0. The Morgan fingerprint density at radius 2 is 2.24 bits per heavy atom. The third-order valence-corrected chi connectivity index (χ3v) is 3.68. The number of hydrogen-bond donors (Lipinski definition) is 1. The molecule has 0 aliphatic carbocycles. The fraction of sp³-hybridized carbons (Fsp3) is 0. The van der Waals surface area contributed by atoms with Crippen LogP contribution in [0.4, 0.5) is 0 Å². The highest BCUT2D eigenvalue weighted by atomic mass is 79.9. The number of pyridine rings is 1. The number of hydrogen-bond acceptors (Lipinski definition) is 4. The summed E-state index contributed by atoms with van der Waals surface area (Å²) in [5.74, 6) is 0.488. The number of halogens is 1. The fourth-order valence-electron chi connectivity index (χ4n) is 1.53. The van der Waals surface area contributed by atoms with Crippen molar-refractivity contribution in [2.75, 3.05) is 0 Å². The maximum absolute atomic E-state index is 11.8. The van der Waals surface area contributed by atoms with Crippen molar-refractivity contribution in [2.45, 2.75) is 0 Å². The molecule has 6 heteroatoms. The minimum atomic E-state index is -0.123. The quantitative estimate of drug-likeness (QED) is 0.752. The Morgan fingerprint density at radius 1 is 1.35 bits per heavy atom. The van der Waals surface area contributed by atoms with Gasteiger partial charge in [0, 0.05) is 10.7 Å². The zero-order valence-corrected chi connectivity index (χ0v) is 10.9. The number of aromatic amines is 1. The lowest BCUT2D eigenvalue weighted by molar-refractivity contribution is 1.15. The molecule has 0 unspecified atom stereocenters. The second kappa shape index (κ2) is 4.05. The van der Waals surface area contributed by atoms with Gasteiger partial charge in [-0.3, -0.25) is 9.78 Å². The first-order valence-electron chi connectivity index (χ1n) is 4.83. The topological polar surface area (TPSA) is 58.6 Å². The zero-order valence-electron chi connectivity index (χ0n) is 8.48. The van der Waals surface area contributed by atoms with Crippen LogP contribution in [-0.2, 0) is 0 Å². The molecule has 4 nitrogen and oxygen atoms in total. The van der Waals surface area contributed by atoms with Crippen molar-refractivity contribution in [2.24, 2.45) is 0 Å². The highest BCUT2D eigenvalue weighted by Crippen LogP contribution is 2.19. The molecule has 0 fully saturated rings. The molecular weight excluding hydrogens is 302 g/mol. The van der Waals surface area contributed by atoms with Gasteiger partial charge in [0.1, 0.15) is 10.4 Å². The molecule has 0 aromatic carbocycles. The van der Waals surface area contributed by atoms with Crippen molar-refractivity contribution in [1.29, 1.82) is 0 Å². The average molecular weight is 308 g/mol. The highest BCUT2D eigenvalue weighted by molar-refractivity contribution is 9.10. The molecule has 0 saturated carbocycles. The van der Waals surface area contributed by atoms with E-state index in [4.69, 9.17) is 0 Å². The average Bonchev–Trinajstić information content (AvgIpc) is 2.77. The number of nitrogens with one attached hydrogen (secondary N) is 1. The number of aromatic nitrogens is 3. The highest BCUT2D eigenvalue weighted by Gasteiger charge is 2.07. The molecule has 0 saturated heterocycles. The number of rotatable bonds is 1. The summed E-state index contributed by atoms with van der Waals surface area (Å²) in [5, 5.41) is 1.85. The Hall–Kier alpha value is -1.53. The fourth-order valence-corrected chi connectivity index (χ4v) is 2.59. The van der Waals surface area contributed by atoms with Crippen LogP contribution < -0.4 is 5.56 Å². The van der Waals surface area contributed by atoms with E-state index in [1.165, 1.54) is 11.3 Å². The molecule has 0 aliphatic heterocycles. The van der Waals surface area contributed by atoms with Gasteiger partial charge in [-0.15, -0.1) is 11.3 Å². The minimum Gasteiger partial charge on any atom is -0.304 e. The predicted octanol–water partition coefficient (Wildman–Crippen LogP) is 2.81. The van der Waals surface area contributed by atoms with Gasteiger partial charge < -0.3 is 4.98 Å². The van der Waals surface area contributed by atoms with E-state index in [9.17, 15) is 4.79 Å². The lowest BCUT2D eigenvalue weighted by Crippen LogP contribution is -2.08. The number of nitrogens with zero attached hydrogens (tertiary/aromatic N) is 2. The Bertz CT molecular complexity index is 750. The Kier molecular flexibility index (Phi) is 2.53. The SMILES string of the molecule is O=c1[nH]c(-c2cc(Br)ccn2)nc2ccsc12. The van der Waals surface area contributed by atoms with Gasteiger partial charge in [-0.25, -0.2) is 4.98 Å². The Morgan fingerprint density at radius 3 is 3.06 bits per heavy atom. The third-order valence-electron chi connectivity index (χ3n) is 2.28. The predicted molar refractivity (Wildman–Crippen MR) is 71.2 cm³/mol. The normalized spacial score (nSPS) is 10.9. The van der Waals surface area contributed by atoms with Crippen LogP contribution in [0.25, 0.3) is 21.7 Å². The van der Waals surface area contributed by atoms with Crippen molar-refractivity contribution >= 4 is 37.5 Å². The van der Waals surface area contributed by atoms with Crippen LogP contribution in [0.5, 0.6) is 0 Å². The molecule has 84 valence electrons. The maximum Gasteiger partial charge on any atom is 0.269 e. The van der Waals surface area contributed by atoms with E-state index in [1.54, 1.807) is 6.20 Å². The van der Waals surface area contributed by atoms with Crippen LogP contribution in [0.15, 0.2) is 39.0 Å². The van der Waals surface area contributed by atoms with E-state index in [1.807, 2.05) is 23.6 Å². The molecule has 3 rings (SSSR count). The van der Waals surface area contributed by atoms with Crippen LogP contribution >= 0.6 is 27.3 Å². The first-order valence-corrected chi connectivity index (χ1v) is 6.51. The molecule has 0 aliphatic rings. The lowest BCUT2D eigenvalue weighted by Gasteiger charge is -2.00. The summed E-state index contributed by atoms with van der Waals surface area (Å²) >= 11 is 4.75. The summed E-state index contributed by atoms with van der Waals surface area (Å²) in [4.78, 5) is 23.1. The van der Waals surface area contributed by atoms with E-state index < -0.39 is 0 Å². The summed E-state index contributed by atoms with van der Waals surface area (Å²) in [6.07, 6.45) is 1.66. The molecule has 0 amide bonds. The zero-order chi connectivity index (χ0) is 11.8.